The van der Waals surface area contributed by atoms with E-state index in [1.807, 2.05) is 11.8 Å². The van der Waals surface area contributed by atoms with Crippen molar-refractivity contribution in [3.8, 4) is 5.88 Å². The van der Waals surface area contributed by atoms with E-state index in [-0.39, 0.29) is 11.7 Å². The largest absolute Gasteiger partial charge is 0.480 e. The van der Waals surface area contributed by atoms with Gasteiger partial charge in [0.15, 0.2) is 5.78 Å². The minimum atomic E-state index is 0.146. The second-order valence-electron chi connectivity index (χ2n) is 3.49. The molecule has 2 rings (SSSR count). The molecular weight excluding hydrogens is 210 g/mol. The first-order valence-electron chi connectivity index (χ1n) is 4.94. The molecule has 1 fully saturated rings. The van der Waals surface area contributed by atoms with Crippen LogP contribution in [0.15, 0.2) is 18.3 Å². The molecule has 0 saturated carbocycles. The Labute approximate surface area is 93.2 Å². The summed E-state index contributed by atoms with van der Waals surface area (Å²) in [5.41, 5.74) is 0.618. The number of aromatic nitrogens is 1. The third-order valence-corrected chi connectivity index (χ3v) is 3.69. The number of methoxy groups -OCH3 is 1. The number of hydrogen-bond acceptors (Lipinski definition) is 4. The van der Waals surface area contributed by atoms with Gasteiger partial charge in [-0.15, -0.1) is 0 Å². The number of hydrogen-bond donors (Lipinski definition) is 0. The van der Waals surface area contributed by atoms with Gasteiger partial charge in [-0.1, -0.05) is 0 Å². The van der Waals surface area contributed by atoms with Gasteiger partial charge in [-0.05, 0) is 24.3 Å². The molecule has 15 heavy (non-hydrogen) atoms. The predicted molar refractivity (Wildman–Crippen MR) is 60.6 cm³/mol. The second kappa shape index (κ2) is 4.66. The van der Waals surface area contributed by atoms with Crippen LogP contribution in [0.25, 0.3) is 0 Å². The number of ketones is 1. The Morgan fingerprint density at radius 2 is 2.53 bits per heavy atom. The van der Waals surface area contributed by atoms with Crippen LogP contribution in [0.1, 0.15) is 16.8 Å². The SMILES string of the molecule is COc1ncccc1C(=O)C1CCSC1. The molecule has 0 amide bonds. The molecule has 80 valence electrons. The van der Waals surface area contributed by atoms with Crippen LogP contribution in [0.5, 0.6) is 5.88 Å². The highest BCUT2D eigenvalue weighted by molar-refractivity contribution is 7.99. The molecule has 0 aromatic carbocycles. The quantitative estimate of drug-likeness (QED) is 0.735. The van der Waals surface area contributed by atoms with Gasteiger partial charge in [0, 0.05) is 17.9 Å². The van der Waals surface area contributed by atoms with Crippen molar-refractivity contribution in [1.29, 1.82) is 0 Å². The van der Waals surface area contributed by atoms with Gasteiger partial charge in [0.05, 0.1) is 12.7 Å². The number of carbonyl (C=O) groups excluding carboxylic acids is 1. The number of ether oxygens (including phenoxy) is 1. The van der Waals surface area contributed by atoms with Gasteiger partial charge in [-0.3, -0.25) is 4.79 Å². The Hall–Kier alpha value is -1.03. The summed E-state index contributed by atoms with van der Waals surface area (Å²) in [7, 11) is 1.54. The van der Waals surface area contributed by atoms with Crippen molar-refractivity contribution in [2.24, 2.45) is 5.92 Å². The second-order valence-corrected chi connectivity index (χ2v) is 4.63. The number of pyridine rings is 1. The molecule has 1 aliphatic heterocycles. The molecule has 0 aliphatic carbocycles. The summed E-state index contributed by atoms with van der Waals surface area (Å²) in [6, 6.07) is 3.56. The summed E-state index contributed by atoms with van der Waals surface area (Å²) in [6.07, 6.45) is 2.61. The number of thioether (sulfide) groups is 1. The Kier molecular flexibility index (Phi) is 3.26. The lowest BCUT2D eigenvalue weighted by molar-refractivity contribution is 0.0930. The van der Waals surface area contributed by atoms with E-state index in [1.54, 1.807) is 25.4 Å². The van der Waals surface area contributed by atoms with E-state index in [9.17, 15) is 4.79 Å². The highest BCUT2D eigenvalue weighted by atomic mass is 32.2. The van der Waals surface area contributed by atoms with Gasteiger partial charge in [0.25, 0.3) is 0 Å². The molecule has 0 spiro atoms. The molecule has 1 aromatic heterocycles. The van der Waals surface area contributed by atoms with Crippen LogP contribution in [-0.2, 0) is 0 Å². The molecule has 0 bridgehead atoms. The minimum absolute atomic E-state index is 0.146. The van der Waals surface area contributed by atoms with Crippen LogP contribution in [0.4, 0.5) is 0 Å². The van der Waals surface area contributed by atoms with E-state index in [0.717, 1.165) is 17.9 Å². The van der Waals surface area contributed by atoms with Crippen molar-refractivity contribution in [1.82, 2.24) is 4.98 Å². The van der Waals surface area contributed by atoms with Crippen LogP contribution in [-0.4, -0.2) is 29.4 Å². The van der Waals surface area contributed by atoms with E-state index in [0.29, 0.717) is 11.4 Å². The molecule has 2 heterocycles. The lowest BCUT2D eigenvalue weighted by atomic mass is 9.98. The van der Waals surface area contributed by atoms with E-state index in [4.69, 9.17) is 4.74 Å². The van der Waals surface area contributed by atoms with E-state index >= 15 is 0 Å². The number of rotatable bonds is 3. The van der Waals surface area contributed by atoms with Gasteiger partial charge < -0.3 is 4.74 Å². The molecule has 1 aliphatic rings. The molecule has 1 aromatic rings. The average Bonchev–Trinajstić information content (AvgIpc) is 2.81. The number of nitrogens with zero attached hydrogens (tertiary/aromatic N) is 1. The normalized spacial score (nSPS) is 20.2. The maximum atomic E-state index is 12.1. The molecule has 1 unspecified atom stereocenters. The minimum Gasteiger partial charge on any atom is -0.480 e. The zero-order chi connectivity index (χ0) is 10.7. The van der Waals surface area contributed by atoms with Gasteiger partial charge in [0.1, 0.15) is 0 Å². The van der Waals surface area contributed by atoms with Gasteiger partial charge in [-0.25, -0.2) is 4.98 Å². The van der Waals surface area contributed by atoms with E-state index < -0.39 is 0 Å². The summed E-state index contributed by atoms with van der Waals surface area (Å²) in [5.74, 6) is 2.77. The first-order chi connectivity index (χ1) is 7.33. The molecule has 1 atom stereocenters. The predicted octanol–water partition coefficient (Wildman–Crippen LogP) is 2.03. The van der Waals surface area contributed by atoms with Crippen LogP contribution in [0, 0.1) is 5.92 Å². The fourth-order valence-electron chi connectivity index (χ4n) is 1.70. The first kappa shape index (κ1) is 10.5. The molecule has 3 nitrogen and oxygen atoms in total. The summed E-state index contributed by atoms with van der Waals surface area (Å²) >= 11 is 1.84. The Bertz CT molecular complexity index is 361. The Morgan fingerprint density at radius 3 is 3.20 bits per heavy atom. The molecule has 0 radical (unpaired) electrons. The third kappa shape index (κ3) is 2.15. The van der Waals surface area contributed by atoms with Crippen LogP contribution < -0.4 is 4.74 Å². The standard InChI is InChI=1S/C11H13NO2S/c1-14-11-9(3-2-5-12-11)10(13)8-4-6-15-7-8/h2-3,5,8H,4,6-7H2,1H3. The molecular formula is C11H13NO2S. The van der Waals surface area contributed by atoms with E-state index in [2.05, 4.69) is 4.98 Å². The average molecular weight is 223 g/mol. The van der Waals surface area contributed by atoms with Crippen molar-refractivity contribution < 1.29 is 9.53 Å². The van der Waals surface area contributed by atoms with Crippen molar-refractivity contribution >= 4 is 17.5 Å². The number of Topliss-reactive ketones (excluding diaryl/α,β-unsaturated/α-hetero) is 1. The van der Waals surface area contributed by atoms with Crippen LogP contribution >= 0.6 is 11.8 Å². The highest BCUT2D eigenvalue weighted by Gasteiger charge is 2.26. The van der Waals surface area contributed by atoms with Crippen LogP contribution in [0.2, 0.25) is 0 Å². The zero-order valence-electron chi connectivity index (χ0n) is 8.60. The maximum Gasteiger partial charge on any atom is 0.224 e. The lowest BCUT2D eigenvalue weighted by Gasteiger charge is -2.09. The number of carbonyl (C=O) groups is 1. The van der Waals surface area contributed by atoms with Crippen molar-refractivity contribution in [2.75, 3.05) is 18.6 Å². The summed E-state index contributed by atoms with van der Waals surface area (Å²) in [4.78, 5) is 16.1. The zero-order valence-corrected chi connectivity index (χ0v) is 9.42. The first-order valence-corrected chi connectivity index (χ1v) is 6.09. The van der Waals surface area contributed by atoms with Crippen molar-refractivity contribution in [3.63, 3.8) is 0 Å². The highest BCUT2D eigenvalue weighted by Crippen LogP contribution is 2.28. The van der Waals surface area contributed by atoms with Crippen LogP contribution in [0.3, 0.4) is 0 Å². The molecule has 1 saturated heterocycles. The summed E-state index contributed by atoms with van der Waals surface area (Å²) in [5, 5.41) is 0. The third-order valence-electron chi connectivity index (χ3n) is 2.53. The topological polar surface area (TPSA) is 39.2 Å². The smallest absolute Gasteiger partial charge is 0.224 e. The fraction of sp³-hybridized carbons (Fsp3) is 0.455. The monoisotopic (exact) mass is 223 g/mol. The summed E-state index contributed by atoms with van der Waals surface area (Å²) < 4.78 is 5.09. The Balaban J connectivity index is 2.24. The lowest BCUT2D eigenvalue weighted by Crippen LogP contribution is -2.15. The Morgan fingerprint density at radius 1 is 1.67 bits per heavy atom. The van der Waals surface area contributed by atoms with Crippen molar-refractivity contribution in [2.45, 2.75) is 6.42 Å². The maximum absolute atomic E-state index is 12.1. The van der Waals surface area contributed by atoms with Gasteiger partial charge >= 0.3 is 0 Å². The molecule has 4 heteroatoms. The van der Waals surface area contributed by atoms with Gasteiger partial charge in [0.2, 0.25) is 5.88 Å². The summed E-state index contributed by atoms with van der Waals surface area (Å²) in [6.45, 7) is 0. The van der Waals surface area contributed by atoms with Gasteiger partial charge in [-0.2, -0.15) is 11.8 Å². The van der Waals surface area contributed by atoms with E-state index in [1.165, 1.54) is 0 Å². The van der Waals surface area contributed by atoms with Crippen molar-refractivity contribution in [3.05, 3.63) is 23.9 Å². The fourth-order valence-corrected chi connectivity index (χ4v) is 2.92. The molecule has 0 N–H and O–H groups in total.